The van der Waals surface area contributed by atoms with Crippen molar-refractivity contribution in [2.24, 2.45) is 0 Å². The quantitative estimate of drug-likeness (QED) is 0.312. The Labute approximate surface area is 194 Å². The molecule has 4 heteroatoms. The van der Waals surface area contributed by atoms with Gasteiger partial charge in [0, 0.05) is 23.5 Å². The standard InChI is InChI=1S/C29H26N2O2/c1-22(20-23-8-4-2-5-9-23)30-26-16-12-24(13-17-26)21-25-14-18-27(19-15-25)31-29(32)33-28-10-6-3-7-11-28/h2-19,30H,1,20-21H2,(H,31,32). The summed E-state index contributed by atoms with van der Waals surface area (Å²) in [4.78, 5) is 12.0. The first kappa shape index (κ1) is 21.9. The summed E-state index contributed by atoms with van der Waals surface area (Å²) in [5.74, 6) is 0.508. The Morgan fingerprint density at radius 1 is 0.636 bits per heavy atom. The number of rotatable bonds is 8. The highest BCUT2D eigenvalue weighted by Gasteiger charge is 2.05. The van der Waals surface area contributed by atoms with Gasteiger partial charge >= 0.3 is 6.09 Å². The molecule has 0 radical (unpaired) electrons. The van der Waals surface area contributed by atoms with Crippen LogP contribution >= 0.6 is 0 Å². The number of carbonyl (C=O) groups is 1. The van der Waals surface area contributed by atoms with E-state index >= 15 is 0 Å². The van der Waals surface area contributed by atoms with Crippen LogP contribution in [0.2, 0.25) is 0 Å². The van der Waals surface area contributed by atoms with E-state index in [1.165, 1.54) is 11.1 Å². The zero-order valence-corrected chi connectivity index (χ0v) is 18.3. The maximum Gasteiger partial charge on any atom is 0.417 e. The normalized spacial score (nSPS) is 10.3. The van der Waals surface area contributed by atoms with Crippen LogP contribution in [-0.4, -0.2) is 6.09 Å². The van der Waals surface area contributed by atoms with E-state index in [-0.39, 0.29) is 0 Å². The Balaban J connectivity index is 1.27. The van der Waals surface area contributed by atoms with Crippen LogP contribution in [0.25, 0.3) is 0 Å². The van der Waals surface area contributed by atoms with Crippen molar-refractivity contribution in [3.63, 3.8) is 0 Å². The molecule has 0 aliphatic carbocycles. The van der Waals surface area contributed by atoms with Gasteiger partial charge in [0.15, 0.2) is 0 Å². The van der Waals surface area contributed by atoms with E-state index in [1.807, 2.05) is 60.7 Å². The van der Waals surface area contributed by atoms with Crippen molar-refractivity contribution in [1.82, 2.24) is 0 Å². The predicted octanol–water partition coefficient (Wildman–Crippen LogP) is 7.06. The highest BCUT2D eigenvalue weighted by Crippen LogP contribution is 2.18. The minimum absolute atomic E-state index is 0.508. The highest BCUT2D eigenvalue weighted by atomic mass is 16.6. The molecule has 0 bridgehead atoms. The van der Waals surface area contributed by atoms with E-state index in [9.17, 15) is 4.79 Å². The number of benzene rings is 4. The molecule has 4 aromatic carbocycles. The molecule has 164 valence electrons. The number of ether oxygens (including phenoxy) is 1. The van der Waals surface area contributed by atoms with E-state index < -0.39 is 6.09 Å². The molecular formula is C29H26N2O2. The van der Waals surface area contributed by atoms with Gasteiger partial charge in [-0.05, 0) is 59.5 Å². The lowest BCUT2D eigenvalue weighted by molar-refractivity contribution is 0.215. The van der Waals surface area contributed by atoms with Crippen molar-refractivity contribution in [2.75, 3.05) is 10.6 Å². The number of carbonyl (C=O) groups excluding carboxylic acids is 1. The summed E-state index contributed by atoms with van der Waals surface area (Å²) < 4.78 is 5.25. The van der Waals surface area contributed by atoms with Crippen molar-refractivity contribution in [3.8, 4) is 5.75 Å². The summed E-state index contributed by atoms with van der Waals surface area (Å²) in [5, 5.41) is 6.12. The molecule has 0 fully saturated rings. The van der Waals surface area contributed by atoms with Crippen LogP contribution in [0, 0.1) is 0 Å². The second-order valence-electron chi connectivity index (χ2n) is 7.79. The van der Waals surface area contributed by atoms with Crippen LogP contribution < -0.4 is 15.4 Å². The van der Waals surface area contributed by atoms with Gasteiger partial charge in [0.05, 0.1) is 0 Å². The van der Waals surface area contributed by atoms with Crippen molar-refractivity contribution in [1.29, 1.82) is 0 Å². The molecule has 0 heterocycles. The van der Waals surface area contributed by atoms with Gasteiger partial charge in [-0.1, -0.05) is 79.4 Å². The van der Waals surface area contributed by atoms with Gasteiger partial charge in [-0.2, -0.15) is 0 Å². The fourth-order valence-electron chi connectivity index (χ4n) is 3.48. The Morgan fingerprint density at radius 3 is 1.73 bits per heavy atom. The molecule has 0 aromatic heterocycles. The predicted molar refractivity (Wildman–Crippen MR) is 135 cm³/mol. The van der Waals surface area contributed by atoms with E-state index in [4.69, 9.17) is 4.74 Å². The molecule has 4 rings (SSSR count). The average Bonchev–Trinajstić information content (AvgIpc) is 2.83. The highest BCUT2D eigenvalue weighted by molar-refractivity contribution is 5.86. The topological polar surface area (TPSA) is 50.4 Å². The molecule has 4 nitrogen and oxygen atoms in total. The lowest BCUT2D eigenvalue weighted by Gasteiger charge is -2.11. The number of anilines is 2. The van der Waals surface area contributed by atoms with Crippen molar-refractivity contribution >= 4 is 17.5 Å². The number of allylic oxidation sites excluding steroid dienone is 1. The molecule has 0 spiro atoms. The number of para-hydroxylation sites is 1. The van der Waals surface area contributed by atoms with Crippen LogP contribution in [0.15, 0.2) is 121 Å². The number of amides is 1. The largest absolute Gasteiger partial charge is 0.417 e. The molecule has 4 aromatic rings. The van der Waals surface area contributed by atoms with Crippen molar-refractivity contribution in [2.45, 2.75) is 12.8 Å². The van der Waals surface area contributed by atoms with Gasteiger partial charge in [0.25, 0.3) is 0 Å². The zero-order valence-electron chi connectivity index (χ0n) is 18.3. The number of hydrogen-bond donors (Lipinski definition) is 2. The van der Waals surface area contributed by atoms with Crippen molar-refractivity contribution < 1.29 is 9.53 Å². The van der Waals surface area contributed by atoms with Crippen LogP contribution in [0.3, 0.4) is 0 Å². The fourth-order valence-corrected chi connectivity index (χ4v) is 3.48. The molecule has 0 aliphatic rings. The van der Waals surface area contributed by atoms with Gasteiger partial charge in [-0.3, -0.25) is 5.32 Å². The molecule has 33 heavy (non-hydrogen) atoms. The third kappa shape index (κ3) is 6.84. The van der Waals surface area contributed by atoms with Gasteiger partial charge in [-0.25, -0.2) is 4.79 Å². The minimum atomic E-state index is -0.508. The Bertz CT molecular complexity index is 1090. The van der Waals surface area contributed by atoms with Crippen LogP contribution in [0.1, 0.15) is 16.7 Å². The first-order chi connectivity index (χ1) is 16.1. The van der Waals surface area contributed by atoms with Crippen LogP contribution in [-0.2, 0) is 12.8 Å². The van der Waals surface area contributed by atoms with Gasteiger partial charge in [0.2, 0.25) is 0 Å². The summed E-state index contributed by atoms with van der Waals surface area (Å²) >= 11 is 0. The average molecular weight is 435 g/mol. The second kappa shape index (κ2) is 10.8. The first-order valence-corrected chi connectivity index (χ1v) is 10.8. The number of hydrogen-bond acceptors (Lipinski definition) is 3. The third-order valence-corrected chi connectivity index (χ3v) is 5.10. The van der Waals surface area contributed by atoms with Crippen LogP contribution in [0.5, 0.6) is 5.75 Å². The summed E-state index contributed by atoms with van der Waals surface area (Å²) in [6.07, 6.45) is 1.09. The fraction of sp³-hybridized carbons (Fsp3) is 0.0690. The monoisotopic (exact) mass is 434 g/mol. The molecule has 1 amide bonds. The molecular weight excluding hydrogens is 408 g/mol. The SMILES string of the molecule is C=C(Cc1ccccc1)Nc1ccc(Cc2ccc(NC(=O)Oc3ccccc3)cc2)cc1. The lowest BCUT2D eigenvalue weighted by atomic mass is 10.0. The minimum Gasteiger partial charge on any atom is -0.410 e. The van der Waals surface area contributed by atoms with Crippen LogP contribution in [0.4, 0.5) is 16.2 Å². The van der Waals surface area contributed by atoms with E-state index in [1.54, 1.807) is 12.1 Å². The molecule has 0 unspecified atom stereocenters. The Kier molecular flexibility index (Phi) is 7.18. The maximum absolute atomic E-state index is 12.0. The van der Waals surface area contributed by atoms with Gasteiger partial charge < -0.3 is 10.1 Å². The summed E-state index contributed by atoms with van der Waals surface area (Å²) in [5.41, 5.74) is 6.28. The first-order valence-electron chi connectivity index (χ1n) is 10.8. The molecule has 0 aliphatic heterocycles. The van der Waals surface area contributed by atoms with Crippen molar-refractivity contribution in [3.05, 3.63) is 138 Å². The number of nitrogens with one attached hydrogen (secondary N) is 2. The Hall–Kier alpha value is -4.31. The Morgan fingerprint density at radius 2 is 1.15 bits per heavy atom. The smallest absolute Gasteiger partial charge is 0.410 e. The third-order valence-electron chi connectivity index (χ3n) is 5.10. The summed E-state index contributed by atoms with van der Waals surface area (Å²) in [7, 11) is 0. The maximum atomic E-state index is 12.0. The molecule has 2 N–H and O–H groups in total. The van der Waals surface area contributed by atoms with Gasteiger partial charge in [0.1, 0.15) is 5.75 Å². The van der Waals surface area contributed by atoms with E-state index in [2.05, 4.69) is 53.6 Å². The summed E-state index contributed by atoms with van der Waals surface area (Å²) in [6, 6.07) is 35.4. The van der Waals surface area contributed by atoms with E-state index in [0.29, 0.717) is 11.4 Å². The van der Waals surface area contributed by atoms with Gasteiger partial charge in [-0.15, -0.1) is 0 Å². The zero-order chi connectivity index (χ0) is 22.9. The summed E-state index contributed by atoms with van der Waals surface area (Å²) in [6.45, 7) is 4.14. The molecule has 0 atom stereocenters. The molecule has 0 saturated heterocycles. The molecule has 0 saturated carbocycles. The van der Waals surface area contributed by atoms with E-state index in [0.717, 1.165) is 29.8 Å². The second-order valence-corrected chi connectivity index (χ2v) is 7.79. The lowest BCUT2D eigenvalue weighted by Crippen LogP contribution is -2.16.